The number of nitrogens with zero attached hydrogens (tertiary/aromatic N) is 2. The van der Waals surface area contributed by atoms with Crippen molar-refractivity contribution in [1.29, 1.82) is 0 Å². The fourth-order valence-corrected chi connectivity index (χ4v) is 2.72. The Hall–Kier alpha value is -3.61. The molecule has 0 bridgehead atoms. The third-order valence-electron chi connectivity index (χ3n) is 4.33. The first-order chi connectivity index (χ1) is 13.5. The summed E-state index contributed by atoms with van der Waals surface area (Å²) in [6, 6.07) is 15.6. The van der Waals surface area contributed by atoms with Crippen molar-refractivity contribution in [3.63, 3.8) is 0 Å². The molecule has 0 radical (unpaired) electrons. The average molecular weight is 377 g/mol. The van der Waals surface area contributed by atoms with Crippen LogP contribution >= 0.6 is 0 Å². The van der Waals surface area contributed by atoms with Gasteiger partial charge in [-0.3, -0.25) is 4.79 Å². The van der Waals surface area contributed by atoms with E-state index in [1.807, 2.05) is 60.2 Å². The first-order valence-electron chi connectivity index (χ1n) is 9.04. The molecule has 0 aliphatic rings. The maximum Gasteiger partial charge on any atom is 0.319 e. The van der Waals surface area contributed by atoms with E-state index < -0.39 is 12.1 Å². The lowest BCUT2D eigenvalue weighted by atomic mass is 10.1. The standard InChI is InChI=1S/C21H23N5O2/c1-15(17-8-10-19(11-9-17)26-13-12-22-14-26)23-20(27)16(2)24-21(28)25-18-6-4-3-5-7-18/h3-16H,1-2H3,(H,23,27)(H2,24,25,28)/t15-,16-/m1/s1. The summed E-state index contributed by atoms with van der Waals surface area (Å²) in [5.41, 5.74) is 2.63. The van der Waals surface area contributed by atoms with E-state index in [0.29, 0.717) is 5.69 Å². The van der Waals surface area contributed by atoms with Crippen LogP contribution in [0.4, 0.5) is 10.5 Å². The fraction of sp³-hybridized carbons (Fsp3) is 0.190. The van der Waals surface area contributed by atoms with Gasteiger partial charge in [-0.15, -0.1) is 0 Å². The number of amides is 3. The molecule has 3 rings (SSSR count). The molecule has 0 aliphatic heterocycles. The van der Waals surface area contributed by atoms with Gasteiger partial charge >= 0.3 is 6.03 Å². The molecule has 1 aromatic heterocycles. The zero-order chi connectivity index (χ0) is 19.9. The topological polar surface area (TPSA) is 88.0 Å². The lowest BCUT2D eigenvalue weighted by Gasteiger charge is -2.19. The Morgan fingerprint density at radius 3 is 2.32 bits per heavy atom. The van der Waals surface area contributed by atoms with Crippen LogP contribution in [0.1, 0.15) is 25.5 Å². The maximum absolute atomic E-state index is 12.4. The molecule has 2 aromatic carbocycles. The minimum atomic E-state index is -0.670. The molecular weight excluding hydrogens is 354 g/mol. The zero-order valence-electron chi connectivity index (χ0n) is 15.8. The van der Waals surface area contributed by atoms with Crippen LogP contribution in [0, 0.1) is 0 Å². The number of urea groups is 1. The third-order valence-corrected chi connectivity index (χ3v) is 4.33. The van der Waals surface area contributed by atoms with E-state index in [2.05, 4.69) is 20.9 Å². The van der Waals surface area contributed by atoms with Crippen LogP contribution in [-0.4, -0.2) is 27.5 Å². The summed E-state index contributed by atoms with van der Waals surface area (Å²) in [4.78, 5) is 28.5. The normalized spacial score (nSPS) is 12.6. The molecule has 2 atom stereocenters. The van der Waals surface area contributed by atoms with Gasteiger partial charge in [0, 0.05) is 23.8 Å². The van der Waals surface area contributed by atoms with Crippen LogP contribution in [0.3, 0.4) is 0 Å². The molecule has 28 heavy (non-hydrogen) atoms. The van der Waals surface area contributed by atoms with Crippen molar-refractivity contribution in [2.45, 2.75) is 25.9 Å². The molecule has 0 fully saturated rings. The molecule has 7 nitrogen and oxygen atoms in total. The second kappa shape index (κ2) is 8.85. The van der Waals surface area contributed by atoms with E-state index in [4.69, 9.17) is 0 Å². The number of para-hydroxylation sites is 1. The van der Waals surface area contributed by atoms with E-state index >= 15 is 0 Å². The zero-order valence-corrected chi connectivity index (χ0v) is 15.8. The number of anilines is 1. The quantitative estimate of drug-likeness (QED) is 0.616. The molecular formula is C21H23N5O2. The Morgan fingerprint density at radius 1 is 0.964 bits per heavy atom. The molecule has 3 N–H and O–H groups in total. The van der Waals surface area contributed by atoms with E-state index in [9.17, 15) is 9.59 Å². The molecule has 0 saturated heterocycles. The van der Waals surface area contributed by atoms with Gasteiger partial charge in [0.15, 0.2) is 0 Å². The van der Waals surface area contributed by atoms with Gasteiger partial charge < -0.3 is 20.5 Å². The monoisotopic (exact) mass is 377 g/mol. The maximum atomic E-state index is 12.4. The van der Waals surface area contributed by atoms with Crippen molar-refractivity contribution in [3.8, 4) is 5.69 Å². The number of hydrogen-bond donors (Lipinski definition) is 3. The second-order valence-corrected chi connectivity index (χ2v) is 6.48. The summed E-state index contributed by atoms with van der Waals surface area (Å²) in [6.07, 6.45) is 5.32. The summed E-state index contributed by atoms with van der Waals surface area (Å²) in [7, 11) is 0. The first-order valence-corrected chi connectivity index (χ1v) is 9.04. The molecule has 144 valence electrons. The van der Waals surface area contributed by atoms with Crippen LogP contribution in [0.2, 0.25) is 0 Å². The fourth-order valence-electron chi connectivity index (χ4n) is 2.72. The van der Waals surface area contributed by atoms with E-state index in [1.165, 1.54) is 0 Å². The molecule has 7 heteroatoms. The molecule has 0 unspecified atom stereocenters. The van der Waals surface area contributed by atoms with Gasteiger partial charge in [-0.2, -0.15) is 0 Å². The van der Waals surface area contributed by atoms with Crippen LogP contribution < -0.4 is 16.0 Å². The van der Waals surface area contributed by atoms with E-state index in [-0.39, 0.29) is 11.9 Å². The second-order valence-electron chi connectivity index (χ2n) is 6.48. The van der Waals surface area contributed by atoms with Crippen molar-refractivity contribution in [2.75, 3.05) is 5.32 Å². The molecule has 0 aliphatic carbocycles. The Bertz CT molecular complexity index is 908. The largest absolute Gasteiger partial charge is 0.348 e. The highest BCUT2D eigenvalue weighted by molar-refractivity contribution is 5.93. The predicted molar refractivity (Wildman–Crippen MR) is 108 cm³/mol. The SMILES string of the molecule is C[C@@H](NC(=O)Nc1ccccc1)C(=O)N[C@H](C)c1ccc(-n2ccnc2)cc1. The highest BCUT2D eigenvalue weighted by Gasteiger charge is 2.18. The Balaban J connectivity index is 1.52. The van der Waals surface area contributed by atoms with Crippen LogP contribution in [0.25, 0.3) is 5.69 Å². The van der Waals surface area contributed by atoms with Gasteiger partial charge in [0.1, 0.15) is 6.04 Å². The van der Waals surface area contributed by atoms with E-state index in [0.717, 1.165) is 11.3 Å². The minimum Gasteiger partial charge on any atom is -0.348 e. The minimum absolute atomic E-state index is 0.189. The van der Waals surface area contributed by atoms with Gasteiger partial charge in [-0.05, 0) is 43.7 Å². The van der Waals surface area contributed by atoms with Gasteiger partial charge in [0.25, 0.3) is 0 Å². The number of carbonyl (C=O) groups is 2. The molecule has 0 saturated carbocycles. The summed E-state index contributed by atoms with van der Waals surface area (Å²) >= 11 is 0. The van der Waals surface area contributed by atoms with E-state index in [1.54, 1.807) is 31.6 Å². The Morgan fingerprint density at radius 2 is 1.68 bits per heavy atom. The van der Waals surface area contributed by atoms with Crippen molar-refractivity contribution >= 4 is 17.6 Å². The lowest BCUT2D eigenvalue weighted by Crippen LogP contribution is -2.46. The number of aromatic nitrogens is 2. The lowest BCUT2D eigenvalue weighted by molar-refractivity contribution is -0.123. The van der Waals surface area contributed by atoms with Gasteiger partial charge in [-0.25, -0.2) is 9.78 Å². The van der Waals surface area contributed by atoms with Crippen LogP contribution in [-0.2, 0) is 4.79 Å². The number of carbonyl (C=O) groups excluding carboxylic acids is 2. The van der Waals surface area contributed by atoms with Gasteiger partial charge in [0.2, 0.25) is 5.91 Å². The highest BCUT2D eigenvalue weighted by Crippen LogP contribution is 2.16. The Labute approximate surface area is 163 Å². The summed E-state index contributed by atoms with van der Waals surface area (Å²) < 4.78 is 1.91. The first kappa shape index (κ1) is 19.2. The highest BCUT2D eigenvalue weighted by atomic mass is 16.2. The predicted octanol–water partition coefficient (Wildman–Crippen LogP) is 3.26. The number of rotatable bonds is 6. The van der Waals surface area contributed by atoms with Crippen LogP contribution in [0.5, 0.6) is 0 Å². The van der Waals surface area contributed by atoms with Crippen molar-refractivity contribution in [2.24, 2.45) is 0 Å². The number of hydrogen-bond acceptors (Lipinski definition) is 3. The van der Waals surface area contributed by atoms with Gasteiger partial charge in [-0.1, -0.05) is 30.3 Å². The van der Waals surface area contributed by atoms with Crippen molar-refractivity contribution in [3.05, 3.63) is 78.9 Å². The molecule has 1 heterocycles. The summed E-state index contributed by atoms with van der Waals surface area (Å²) in [6.45, 7) is 3.55. The van der Waals surface area contributed by atoms with Crippen molar-refractivity contribution in [1.82, 2.24) is 20.2 Å². The average Bonchev–Trinajstić information content (AvgIpc) is 3.23. The van der Waals surface area contributed by atoms with Crippen molar-refractivity contribution < 1.29 is 9.59 Å². The van der Waals surface area contributed by atoms with Crippen LogP contribution in [0.15, 0.2) is 73.3 Å². The summed E-state index contributed by atoms with van der Waals surface area (Å²) in [5, 5.41) is 8.25. The molecule has 0 spiro atoms. The molecule has 3 aromatic rings. The molecule has 3 amide bonds. The number of nitrogens with one attached hydrogen (secondary N) is 3. The third kappa shape index (κ3) is 4.97. The number of benzene rings is 2. The Kier molecular flexibility index (Phi) is 6.06. The van der Waals surface area contributed by atoms with Gasteiger partial charge in [0.05, 0.1) is 12.4 Å². The number of imidazole rings is 1. The summed E-state index contributed by atoms with van der Waals surface area (Å²) in [5.74, 6) is -0.255. The smallest absolute Gasteiger partial charge is 0.319 e.